The number of nitrogens with two attached hydrogens (primary N) is 1. The van der Waals surface area contributed by atoms with Crippen LogP contribution in [0.15, 0.2) is 23.1 Å². The monoisotopic (exact) mass is 287 g/mol. The summed E-state index contributed by atoms with van der Waals surface area (Å²) in [5, 5.41) is 0.383. The molecule has 0 saturated carbocycles. The van der Waals surface area contributed by atoms with Crippen molar-refractivity contribution in [2.45, 2.75) is 36.8 Å². The van der Waals surface area contributed by atoms with E-state index in [1.165, 1.54) is 11.8 Å². The van der Waals surface area contributed by atoms with Crippen molar-refractivity contribution in [3.8, 4) is 0 Å². The van der Waals surface area contributed by atoms with E-state index in [4.69, 9.17) is 22.1 Å². The number of carbonyl (C=O) groups excluding carboxylic acids is 1. The van der Waals surface area contributed by atoms with Crippen LogP contribution in [0.4, 0.5) is 5.69 Å². The number of rotatable bonds is 6. The number of hydrogen-bond acceptors (Lipinski definition) is 4. The maximum Gasteiger partial charge on any atom is 0.319 e. The van der Waals surface area contributed by atoms with Gasteiger partial charge in [0.05, 0.1) is 11.6 Å². The van der Waals surface area contributed by atoms with E-state index in [0.717, 1.165) is 17.7 Å². The summed E-state index contributed by atoms with van der Waals surface area (Å²) < 4.78 is 5.06. The molecule has 1 aromatic rings. The van der Waals surface area contributed by atoms with Crippen LogP contribution in [0.5, 0.6) is 0 Å². The molecule has 1 atom stereocenters. The molecule has 5 heteroatoms. The van der Waals surface area contributed by atoms with Gasteiger partial charge in [0.15, 0.2) is 0 Å². The van der Waals surface area contributed by atoms with Gasteiger partial charge < -0.3 is 10.5 Å². The summed E-state index contributed by atoms with van der Waals surface area (Å²) in [4.78, 5) is 12.6. The summed E-state index contributed by atoms with van der Waals surface area (Å²) in [6.45, 7) is 4.23. The van der Waals surface area contributed by atoms with Crippen molar-refractivity contribution < 1.29 is 9.53 Å². The van der Waals surface area contributed by atoms with E-state index in [1.807, 2.05) is 6.92 Å². The number of ether oxygens (including phenoxy) is 1. The third-order valence-corrected chi connectivity index (χ3v) is 4.07. The summed E-state index contributed by atoms with van der Waals surface area (Å²) in [7, 11) is 0. The number of carbonyl (C=O) groups is 1. The van der Waals surface area contributed by atoms with Gasteiger partial charge in [-0.25, -0.2) is 0 Å². The van der Waals surface area contributed by atoms with Gasteiger partial charge in [-0.1, -0.05) is 24.9 Å². The van der Waals surface area contributed by atoms with E-state index >= 15 is 0 Å². The predicted octanol–water partition coefficient (Wildman–Crippen LogP) is 3.75. The van der Waals surface area contributed by atoms with Crippen molar-refractivity contribution >= 4 is 35.0 Å². The topological polar surface area (TPSA) is 52.3 Å². The number of nitrogen functional groups attached to an aromatic ring is 1. The van der Waals surface area contributed by atoms with Crippen LogP contribution in [0, 0.1) is 0 Å². The minimum Gasteiger partial charge on any atom is -0.465 e. The van der Waals surface area contributed by atoms with Crippen LogP contribution in [0.25, 0.3) is 0 Å². The molecule has 0 radical (unpaired) electrons. The smallest absolute Gasteiger partial charge is 0.319 e. The summed E-state index contributed by atoms with van der Waals surface area (Å²) in [5.41, 5.74) is 6.36. The van der Waals surface area contributed by atoms with Gasteiger partial charge in [0.2, 0.25) is 0 Å². The number of hydrogen-bond donors (Lipinski definition) is 1. The molecule has 0 amide bonds. The molecular weight excluding hydrogens is 270 g/mol. The lowest BCUT2D eigenvalue weighted by Gasteiger charge is -2.15. The number of thioether (sulfide) groups is 1. The minimum absolute atomic E-state index is 0.192. The molecule has 2 N–H and O–H groups in total. The Hall–Kier alpha value is -0.870. The van der Waals surface area contributed by atoms with Crippen molar-refractivity contribution in [3.05, 3.63) is 23.2 Å². The highest BCUT2D eigenvalue weighted by atomic mass is 35.5. The molecule has 0 bridgehead atoms. The van der Waals surface area contributed by atoms with E-state index < -0.39 is 0 Å². The maximum absolute atomic E-state index is 11.8. The van der Waals surface area contributed by atoms with Gasteiger partial charge in [-0.15, -0.1) is 11.8 Å². The van der Waals surface area contributed by atoms with E-state index in [9.17, 15) is 4.79 Å². The van der Waals surface area contributed by atoms with Crippen LogP contribution < -0.4 is 5.73 Å². The second-order valence-corrected chi connectivity index (χ2v) is 5.49. The van der Waals surface area contributed by atoms with Crippen molar-refractivity contribution in [3.63, 3.8) is 0 Å². The van der Waals surface area contributed by atoms with Gasteiger partial charge in [0.1, 0.15) is 5.25 Å². The van der Waals surface area contributed by atoms with Crippen LogP contribution in [0.1, 0.15) is 26.7 Å². The zero-order valence-electron chi connectivity index (χ0n) is 10.6. The van der Waals surface area contributed by atoms with Crippen LogP contribution in [0.3, 0.4) is 0 Å². The van der Waals surface area contributed by atoms with Crippen molar-refractivity contribution in [1.29, 1.82) is 0 Å². The molecule has 0 spiro atoms. The summed E-state index contributed by atoms with van der Waals surface area (Å²) in [5.74, 6) is -0.192. The Labute approximate surface area is 117 Å². The largest absolute Gasteiger partial charge is 0.465 e. The summed E-state index contributed by atoms with van der Waals surface area (Å²) in [6, 6.07) is 5.27. The number of anilines is 1. The summed E-state index contributed by atoms with van der Waals surface area (Å²) in [6.07, 6.45) is 1.67. The zero-order valence-corrected chi connectivity index (χ0v) is 12.2. The first-order valence-electron chi connectivity index (χ1n) is 5.96. The Balaban J connectivity index is 2.82. The highest BCUT2D eigenvalue weighted by Crippen LogP contribution is 2.34. The molecule has 0 aliphatic heterocycles. The molecule has 1 rings (SSSR count). The minimum atomic E-state index is -0.228. The van der Waals surface area contributed by atoms with Gasteiger partial charge >= 0.3 is 5.97 Å². The predicted molar refractivity (Wildman–Crippen MR) is 77.1 cm³/mol. The Morgan fingerprint density at radius 1 is 1.50 bits per heavy atom. The second-order valence-electron chi connectivity index (χ2n) is 3.84. The maximum atomic E-state index is 11.8. The fourth-order valence-electron chi connectivity index (χ4n) is 1.49. The van der Waals surface area contributed by atoms with Crippen molar-refractivity contribution in [1.82, 2.24) is 0 Å². The molecule has 0 saturated heterocycles. The van der Waals surface area contributed by atoms with Crippen LogP contribution in [-0.4, -0.2) is 17.8 Å². The van der Waals surface area contributed by atoms with Gasteiger partial charge in [-0.3, -0.25) is 4.79 Å². The van der Waals surface area contributed by atoms with E-state index in [1.54, 1.807) is 25.1 Å². The average Bonchev–Trinajstić information content (AvgIpc) is 2.33. The first kappa shape index (κ1) is 15.2. The highest BCUT2D eigenvalue weighted by Gasteiger charge is 2.21. The average molecular weight is 288 g/mol. The molecule has 0 aliphatic rings. The van der Waals surface area contributed by atoms with Gasteiger partial charge in [-0.2, -0.15) is 0 Å². The fourth-order valence-corrected chi connectivity index (χ4v) is 2.95. The molecule has 1 aromatic carbocycles. The normalized spacial score (nSPS) is 12.2. The van der Waals surface area contributed by atoms with Crippen molar-refractivity contribution in [2.24, 2.45) is 0 Å². The van der Waals surface area contributed by atoms with Crippen LogP contribution in [0.2, 0.25) is 5.02 Å². The SMILES string of the molecule is CCCC(Sc1cc(N)ccc1Cl)C(=O)OCC. The third kappa shape index (κ3) is 4.42. The molecule has 0 fully saturated rings. The van der Waals surface area contributed by atoms with E-state index in [-0.39, 0.29) is 11.2 Å². The standard InChI is InChI=1S/C13H18ClNO2S/c1-3-5-11(13(16)17-4-2)18-12-8-9(15)6-7-10(12)14/h6-8,11H,3-5,15H2,1-2H3. The Morgan fingerprint density at radius 2 is 2.22 bits per heavy atom. The molecule has 100 valence electrons. The van der Waals surface area contributed by atoms with Crippen molar-refractivity contribution in [2.75, 3.05) is 12.3 Å². The first-order chi connectivity index (χ1) is 8.58. The van der Waals surface area contributed by atoms with E-state index in [2.05, 4.69) is 0 Å². The quantitative estimate of drug-likeness (QED) is 0.492. The van der Waals surface area contributed by atoms with E-state index in [0.29, 0.717) is 17.3 Å². The number of halogens is 1. The molecule has 18 heavy (non-hydrogen) atoms. The molecule has 0 heterocycles. The molecule has 0 aliphatic carbocycles. The van der Waals surface area contributed by atoms with Crippen LogP contribution in [-0.2, 0) is 9.53 Å². The lowest BCUT2D eigenvalue weighted by molar-refractivity contribution is -0.142. The Kier molecular flexibility index (Phi) is 6.36. The zero-order chi connectivity index (χ0) is 13.5. The Bertz CT molecular complexity index is 412. The number of benzene rings is 1. The van der Waals surface area contributed by atoms with Gasteiger partial charge in [0, 0.05) is 10.6 Å². The van der Waals surface area contributed by atoms with Gasteiger partial charge in [-0.05, 0) is 31.5 Å². The molecular formula is C13H18ClNO2S. The lowest BCUT2D eigenvalue weighted by atomic mass is 10.2. The summed E-state index contributed by atoms with van der Waals surface area (Å²) >= 11 is 7.51. The lowest BCUT2D eigenvalue weighted by Crippen LogP contribution is -2.20. The third-order valence-electron chi connectivity index (χ3n) is 2.32. The number of esters is 1. The van der Waals surface area contributed by atoms with Crippen LogP contribution >= 0.6 is 23.4 Å². The molecule has 1 unspecified atom stereocenters. The highest BCUT2D eigenvalue weighted by molar-refractivity contribution is 8.00. The first-order valence-corrected chi connectivity index (χ1v) is 7.22. The fraction of sp³-hybridized carbons (Fsp3) is 0.462. The second kappa shape index (κ2) is 7.54. The molecule has 0 aromatic heterocycles. The Morgan fingerprint density at radius 3 is 2.83 bits per heavy atom. The van der Waals surface area contributed by atoms with Gasteiger partial charge in [0.25, 0.3) is 0 Å². The molecule has 3 nitrogen and oxygen atoms in total.